The van der Waals surface area contributed by atoms with Crippen molar-refractivity contribution < 1.29 is 23.1 Å². The normalized spacial score (nSPS) is 15.6. The number of H-pyrrole nitrogens is 1. The number of amides is 1. The molecular formula is C20H22N2O6S. The molecule has 0 spiro atoms. The van der Waals surface area contributed by atoms with Gasteiger partial charge in [0.1, 0.15) is 11.3 Å². The fourth-order valence-electron chi connectivity index (χ4n) is 3.36. The highest BCUT2D eigenvalue weighted by molar-refractivity contribution is 7.91. The average molecular weight is 418 g/mol. The number of aromatic hydroxyl groups is 1. The molecule has 1 aliphatic rings. The molecule has 1 aromatic carbocycles. The summed E-state index contributed by atoms with van der Waals surface area (Å²) >= 11 is 0. The molecule has 1 aliphatic carbocycles. The highest BCUT2D eigenvalue weighted by atomic mass is 32.2. The lowest BCUT2D eigenvalue weighted by Gasteiger charge is -2.29. The maximum atomic E-state index is 12.6. The van der Waals surface area contributed by atoms with Crippen molar-refractivity contribution in [2.45, 2.75) is 38.5 Å². The van der Waals surface area contributed by atoms with E-state index >= 15 is 0 Å². The summed E-state index contributed by atoms with van der Waals surface area (Å²) in [4.78, 5) is 40.0. The van der Waals surface area contributed by atoms with E-state index in [2.05, 4.69) is 10.3 Å². The first kappa shape index (κ1) is 20.8. The third-order valence-corrected chi connectivity index (χ3v) is 6.65. The largest absolute Gasteiger partial charge is 0.506 e. The Morgan fingerprint density at radius 1 is 1.21 bits per heavy atom. The van der Waals surface area contributed by atoms with Crippen LogP contribution in [0.4, 0.5) is 5.69 Å². The minimum absolute atomic E-state index is 0.0649. The number of sulfone groups is 1. The maximum Gasteiger partial charge on any atom is 0.261 e. The van der Waals surface area contributed by atoms with Crippen LogP contribution in [-0.2, 0) is 16.3 Å². The minimum Gasteiger partial charge on any atom is -0.506 e. The molecule has 8 nitrogen and oxygen atoms in total. The lowest BCUT2D eigenvalue weighted by atomic mass is 9.75. The number of anilines is 1. The van der Waals surface area contributed by atoms with Crippen molar-refractivity contribution in [1.82, 2.24) is 4.98 Å². The number of rotatable bonds is 4. The average Bonchev–Trinajstić information content (AvgIpc) is 2.61. The number of aromatic amines is 1. The van der Waals surface area contributed by atoms with Crippen LogP contribution < -0.4 is 10.9 Å². The van der Waals surface area contributed by atoms with E-state index in [-0.39, 0.29) is 38.8 Å². The van der Waals surface area contributed by atoms with Gasteiger partial charge in [0.05, 0.1) is 16.3 Å². The van der Waals surface area contributed by atoms with Gasteiger partial charge in [0.15, 0.2) is 15.6 Å². The summed E-state index contributed by atoms with van der Waals surface area (Å²) in [6.45, 7) is 5.32. The number of phenolic OH excluding ortho intramolecular Hbond substituents is 1. The number of ketones is 1. The van der Waals surface area contributed by atoms with Crippen LogP contribution in [0.3, 0.4) is 0 Å². The number of carbonyl (C=O) groups is 2. The predicted octanol–water partition coefficient (Wildman–Crippen LogP) is 2.28. The molecule has 3 N–H and O–H groups in total. The Kier molecular flexibility index (Phi) is 5.12. The number of benzene rings is 1. The predicted molar refractivity (Wildman–Crippen MR) is 107 cm³/mol. The third-order valence-electron chi connectivity index (χ3n) is 4.92. The standard InChI is InChI=1S/C20H22N2O6S/c1-4-29(27,28)11-5-6-16(23)14(7-11)21-18(25)13-8-12-15(22-19(13)26)9-20(2,3)10-17(12)24/h5-8,23H,4,9-10H2,1-3H3,(H,21,25)(H,22,26). The second-order valence-electron chi connectivity index (χ2n) is 7.88. The van der Waals surface area contributed by atoms with Crippen molar-refractivity contribution in [2.24, 2.45) is 5.41 Å². The maximum absolute atomic E-state index is 12.6. The molecule has 1 heterocycles. The second kappa shape index (κ2) is 7.14. The number of nitrogens with one attached hydrogen (secondary N) is 2. The van der Waals surface area contributed by atoms with Gasteiger partial charge in [-0.15, -0.1) is 0 Å². The highest BCUT2D eigenvalue weighted by Gasteiger charge is 2.32. The molecule has 0 aliphatic heterocycles. The summed E-state index contributed by atoms with van der Waals surface area (Å²) in [6.07, 6.45) is 0.799. The smallest absolute Gasteiger partial charge is 0.261 e. The molecule has 0 fully saturated rings. The van der Waals surface area contributed by atoms with Crippen molar-refractivity contribution in [3.05, 3.63) is 51.4 Å². The molecular weight excluding hydrogens is 396 g/mol. The fourth-order valence-corrected chi connectivity index (χ4v) is 4.27. The van der Waals surface area contributed by atoms with E-state index in [1.54, 1.807) is 0 Å². The van der Waals surface area contributed by atoms with Crippen molar-refractivity contribution in [1.29, 1.82) is 0 Å². The molecule has 2 aromatic rings. The van der Waals surface area contributed by atoms with Crippen LogP contribution in [-0.4, -0.2) is 36.0 Å². The Labute approximate surface area is 167 Å². The van der Waals surface area contributed by atoms with Crippen molar-refractivity contribution in [3.8, 4) is 5.75 Å². The summed E-state index contributed by atoms with van der Waals surface area (Å²) in [5, 5.41) is 12.3. The van der Waals surface area contributed by atoms with Crippen molar-refractivity contribution in [2.75, 3.05) is 11.1 Å². The number of carbonyl (C=O) groups excluding carboxylic acids is 2. The number of pyridine rings is 1. The summed E-state index contributed by atoms with van der Waals surface area (Å²) in [7, 11) is -3.55. The van der Waals surface area contributed by atoms with Gasteiger partial charge in [-0.3, -0.25) is 14.4 Å². The number of hydrogen-bond donors (Lipinski definition) is 3. The number of fused-ring (bicyclic) bond motifs is 1. The van der Waals surface area contributed by atoms with Crippen molar-refractivity contribution >= 4 is 27.2 Å². The lowest BCUT2D eigenvalue weighted by molar-refractivity contribution is 0.0910. The van der Waals surface area contributed by atoms with Crippen LogP contribution in [0.25, 0.3) is 0 Å². The number of phenols is 1. The first-order valence-corrected chi connectivity index (χ1v) is 10.8. The summed E-state index contributed by atoms with van der Waals surface area (Å²) in [5.74, 6) is -1.51. The molecule has 3 rings (SSSR count). The van der Waals surface area contributed by atoms with Crippen LogP contribution in [0, 0.1) is 5.41 Å². The lowest BCUT2D eigenvalue weighted by Crippen LogP contribution is -2.32. The van der Waals surface area contributed by atoms with Crippen molar-refractivity contribution in [3.63, 3.8) is 0 Å². The van der Waals surface area contributed by atoms with Gasteiger partial charge < -0.3 is 15.4 Å². The van der Waals surface area contributed by atoms with E-state index in [1.807, 2.05) is 13.8 Å². The zero-order valence-corrected chi connectivity index (χ0v) is 17.1. The highest BCUT2D eigenvalue weighted by Crippen LogP contribution is 2.33. The molecule has 0 bridgehead atoms. The first-order chi connectivity index (χ1) is 13.4. The zero-order valence-electron chi connectivity index (χ0n) is 16.3. The summed E-state index contributed by atoms with van der Waals surface area (Å²) in [6, 6.07) is 4.77. The Bertz CT molecular complexity index is 1180. The molecule has 0 atom stereocenters. The fraction of sp³-hybridized carbons (Fsp3) is 0.350. The molecule has 1 amide bonds. The van der Waals surface area contributed by atoms with Gasteiger partial charge in [-0.25, -0.2) is 8.42 Å². The summed E-state index contributed by atoms with van der Waals surface area (Å²) < 4.78 is 24.1. The molecule has 154 valence electrons. The Balaban J connectivity index is 1.97. The van der Waals surface area contributed by atoms with Gasteiger partial charge in [0, 0.05) is 17.7 Å². The van der Waals surface area contributed by atoms with Gasteiger partial charge in [-0.05, 0) is 36.1 Å². The number of hydrogen-bond acceptors (Lipinski definition) is 6. The molecule has 29 heavy (non-hydrogen) atoms. The van der Waals surface area contributed by atoms with Crippen LogP contribution in [0.15, 0.2) is 34.0 Å². The summed E-state index contributed by atoms with van der Waals surface area (Å²) in [5.41, 5.74) is -0.599. The monoisotopic (exact) mass is 418 g/mol. The Morgan fingerprint density at radius 3 is 2.55 bits per heavy atom. The van der Waals surface area contributed by atoms with Gasteiger partial charge in [0.2, 0.25) is 0 Å². The van der Waals surface area contributed by atoms with Crippen LogP contribution in [0.2, 0.25) is 0 Å². The topological polar surface area (TPSA) is 133 Å². The van der Waals surface area contributed by atoms with Gasteiger partial charge in [-0.1, -0.05) is 20.8 Å². The van der Waals surface area contributed by atoms with E-state index < -0.39 is 21.3 Å². The van der Waals surface area contributed by atoms with Crippen LogP contribution >= 0.6 is 0 Å². The molecule has 0 saturated carbocycles. The van der Waals surface area contributed by atoms with E-state index in [4.69, 9.17) is 0 Å². The molecule has 0 saturated heterocycles. The van der Waals surface area contributed by atoms with Crippen LogP contribution in [0.5, 0.6) is 5.75 Å². The third kappa shape index (κ3) is 4.09. The SMILES string of the molecule is CCS(=O)(=O)c1ccc(O)c(NC(=O)c2cc3c([nH]c2=O)CC(C)(C)CC3=O)c1. The molecule has 0 unspecified atom stereocenters. The van der Waals surface area contributed by atoms with E-state index in [0.29, 0.717) is 24.1 Å². The second-order valence-corrected chi connectivity index (χ2v) is 10.2. The van der Waals surface area contributed by atoms with E-state index in [1.165, 1.54) is 19.1 Å². The van der Waals surface area contributed by atoms with E-state index in [9.17, 15) is 27.9 Å². The molecule has 9 heteroatoms. The van der Waals surface area contributed by atoms with Crippen LogP contribution in [0.1, 0.15) is 53.6 Å². The minimum atomic E-state index is -3.55. The number of Topliss-reactive ketones (excluding diaryl/α,β-unsaturated/α-hetero) is 1. The molecule has 1 aromatic heterocycles. The van der Waals surface area contributed by atoms with Gasteiger partial charge >= 0.3 is 0 Å². The quantitative estimate of drug-likeness (QED) is 0.652. The van der Waals surface area contributed by atoms with Gasteiger partial charge in [-0.2, -0.15) is 0 Å². The Morgan fingerprint density at radius 2 is 1.90 bits per heavy atom. The Hall–Kier alpha value is -2.94. The first-order valence-electron chi connectivity index (χ1n) is 9.10. The van der Waals surface area contributed by atoms with Gasteiger partial charge in [0.25, 0.3) is 11.5 Å². The van der Waals surface area contributed by atoms with E-state index in [0.717, 1.165) is 12.1 Å². The zero-order chi connectivity index (χ0) is 21.6. The molecule has 0 radical (unpaired) electrons. The number of aromatic nitrogens is 1.